The molecule has 0 heterocycles. The van der Waals surface area contributed by atoms with Crippen LogP contribution < -0.4 is 0 Å². The summed E-state index contributed by atoms with van der Waals surface area (Å²) in [4.78, 5) is 11.7. The first-order chi connectivity index (χ1) is 13.9. The maximum atomic E-state index is 11.7. The van der Waals surface area contributed by atoms with Gasteiger partial charge in [-0.1, -0.05) is 64.2 Å². The number of unbranched alkanes of at least 4 members (excludes halogenated alkanes) is 4. The summed E-state index contributed by atoms with van der Waals surface area (Å²) < 4.78 is 4.51. The minimum Gasteiger partial charge on any atom is -0.465 e. The molecule has 0 saturated carbocycles. The number of esters is 1. The number of hydrogen-bond donors (Lipinski definition) is 2. The molecule has 164 valence electrons. The third kappa shape index (κ3) is 8.34. The van der Waals surface area contributed by atoms with E-state index >= 15 is 0 Å². The third-order valence-electron chi connectivity index (χ3n) is 5.74. The van der Waals surface area contributed by atoms with Gasteiger partial charge in [0.2, 0.25) is 0 Å². The number of rotatable bonds is 13. The highest BCUT2D eigenvalue weighted by atomic mass is 16.6. The maximum absolute atomic E-state index is 11.7. The van der Waals surface area contributed by atoms with Crippen LogP contribution in [0.2, 0.25) is 0 Å². The van der Waals surface area contributed by atoms with Crippen LogP contribution >= 0.6 is 0 Å². The second-order valence-corrected chi connectivity index (χ2v) is 8.10. The van der Waals surface area contributed by atoms with E-state index in [1.165, 1.54) is 43.3 Å². The average Bonchev–Trinajstić information content (AvgIpc) is 3.05. The highest BCUT2D eigenvalue weighted by Gasteiger charge is 2.41. The molecule has 2 atom stereocenters. The van der Waals surface area contributed by atoms with Crippen molar-refractivity contribution < 1.29 is 19.7 Å². The summed E-state index contributed by atoms with van der Waals surface area (Å²) in [6.07, 6.45) is 18.7. The van der Waals surface area contributed by atoms with Crippen LogP contribution in [0.1, 0.15) is 85.0 Å². The predicted molar refractivity (Wildman–Crippen MR) is 118 cm³/mol. The van der Waals surface area contributed by atoms with Gasteiger partial charge in [0.15, 0.2) is 0 Å². The van der Waals surface area contributed by atoms with Gasteiger partial charge in [0, 0.05) is 5.92 Å². The molecule has 1 aliphatic carbocycles. The zero-order chi connectivity index (χ0) is 21.7. The van der Waals surface area contributed by atoms with E-state index in [2.05, 4.69) is 36.5 Å². The Kier molecular flexibility index (Phi) is 11.9. The minimum atomic E-state index is -2.52. The van der Waals surface area contributed by atoms with E-state index in [1.807, 2.05) is 13.0 Å². The first-order valence-corrected chi connectivity index (χ1v) is 11.2. The highest BCUT2D eigenvalue weighted by Crippen LogP contribution is 2.35. The molecule has 2 N–H and O–H groups in total. The lowest BCUT2D eigenvalue weighted by molar-refractivity contribution is -0.220. The number of methoxy groups -OCH3 is 1. The topological polar surface area (TPSA) is 66.8 Å². The number of carbonyl (C=O) groups excluding carboxylic acids is 1. The summed E-state index contributed by atoms with van der Waals surface area (Å²) in [5.41, 5.74) is 5.95. The van der Waals surface area contributed by atoms with Crippen molar-refractivity contribution in [3.8, 4) is 0 Å². The average molecular weight is 405 g/mol. The zero-order valence-electron chi connectivity index (χ0n) is 18.7. The van der Waals surface area contributed by atoms with E-state index in [0.717, 1.165) is 32.8 Å². The van der Waals surface area contributed by atoms with Crippen molar-refractivity contribution in [3.63, 3.8) is 0 Å². The molecule has 0 aromatic heterocycles. The fraction of sp³-hybridized carbons (Fsp3) is 0.680. The van der Waals surface area contributed by atoms with E-state index in [1.54, 1.807) is 6.08 Å². The number of allylic oxidation sites excluding steroid dienone is 4. The van der Waals surface area contributed by atoms with E-state index in [4.69, 9.17) is 0 Å². The van der Waals surface area contributed by atoms with Crippen LogP contribution in [-0.2, 0) is 9.53 Å². The number of ether oxygens (including phenoxy) is 1. The second kappa shape index (κ2) is 13.6. The van der Waals surface area contributed by atoms with Gasteiger partial charge in [-0.3, -0.25) is 0 Å². The summed E-state index contributed by atoms with van der Waals surface area (Å²) in [6, 6.07) is 0. The summed E-state index contributed by atoms with van der Waals surface area (Å²) in [5, 5.41) is 20.2. The number of hydrogen-bond acceptors (Lipinski definition) is 4. The Morgan fingerprint density at radius 2 is 2.03 bits per heavy atom. The van der Waals surface area contributed by atoms with Crippen molar-refractivity contribution >= 4 is 5.97 Å². The normalized spacial score (nSPS) is 18.1. The van der Waals surface area contributed by atoms with Crippen molar-refractivity contribution in [2.75, 3.05) is 7.11 Å². The van der Waals surface area contributed by atoms with E-state index < -0.39 is 17.7 Å². The Morgan fingerprint density at radius 3 is 2.69 bits per heavy atom. The van der Waals surface area contributed by atoms with Crippen molar-refractivity contribution in [2.45, 2.75) is 90.8 Å². The van der Waals surface area contributed by atoms with Gasteiger partial charge in [-0.2, -0.15) is 0 Å². The van der Waals surface area contributed by atoms with Crippen LogP contribution in [0.25, 0.3) is 0 Å². The molecule has 0 radical (unpaired) electrons. The molecule has 0 aromatic rings. The number of aliphatic hydroxyl groups is 2. The van der Waals surface area contributed by atoms with Crippen molar-refractivity contribution in [1.29, 1.82) is 0 Å². The Balaban J connectivity index is 2.78. The molecule has 0 bridgehead atoms. The lowest BCUT2D eigenvalue weighted by Crippen LogP contribution is -2.45. The molecule has 0 amide bonds. The minimum absolute atomic E-state index is 0.466. The fourth-order valence-corrected chi connectivity index (χ4v) is 3.83. The van der Waals surface area contributed by atoms with Crippen LogP contribution in [0.3, 0.4) is 0 Å². The Labute approximate surface area is 177 Å². The Hall–Kier alpha value is -1.61. The third-order valence-corrected chi connectivity index (χ3v) is 5.74. The number of carbonyl (C=O) groups is 1. The molecule has 4 heteroatoms. The van der Waals surface area contributed by atoms with E-state index in [9.17, 15) is 15.0 Å². The van der Waals surface area contributed by atoms with Crippen molar-refractivity contribution in [1.82, 2.24) is 0 Å². The monoisotopic (exact) mass is 404 g/mol. The molecule has 1 aliphatic rings. The molecule has 0 spiro atoms. The lowest BCUT2D eigenvalue weighted by Gasteiger charge is -2.25. The fourth-order valence-electron chi connectivity index (χ4n) is 3.83. The summed E-state index contributed by atoms with van der Waals surface area (Å²) in [6.45, 7) is 6.43. The summed E-state index contributed by atoms with van der Waals surface area (Å²) in [7, 11) is 1.15. The van der Waals surface area contributed by atoms with Gasteiger partial charge in [0.05, 0.1) is 7.11 Å². The van der Waals surface area contributed by atoms with Gasteiger partial charge in [0.25, 0.3) is 5.79 Å². The quantitative estimate of drug-likeness (QED) is 0.181. The van der Waals surface area contributed by atoms with Gasteiger partial charge in [-0.15, -0.1) is 5.73 Å². The van der Waals surface area contributed by atoms with Gasteiger partial charge in [0.1, 0.15) is 0 Å². The first-order valence-electron chi connectivity index (χ1n) is 11.2. The largest absolute Gasteiger partial charge is 0.465 e. The SMILES string of the molecule is CCCCCC/C=C/C1=C(CC=C=CC(CCC)C(O)(O)C(=O)OC)[C@@H](C)CC1. The van der Waals surface area contributed by atoms with Gasteiger partial charge in [-0.05, 0) is 62.2 Å². The predicted octanol–water partition coefficient (Wildman–Crippen LogP) is 5.61. The standard InChI is InChI=1S/C25H40O4/c1-5-7-8-9-10-11-15-21-19-18-20(3)23(21)17-13-12-16-22(14-6-2)25(27,28)24(26)29-4/h11,13,15-16,20,22,27-28H,5-10,14,17-19H2,1-4H3/b15-11+/t12?,20-,22?/m0/s1. The van der Waals surface area contributed by atoms with Gasteiger partial charge in [-0.25, -0.2) is 4.79 Å². The lowest BCUT2D eigenvalue weighted by atomic mass is 9.93. The van der Waals surface area contributed by atoms with Crippen LogP contribution in [-0.4, -0.2) is 29.1 Å². The molecule has 1 unspecified atom stereocenters. The summed E-state index contributed by atoms with van der Waals surface area (Å²) >= 11 is 0. The first kappa shape index (κ1) is 25.4. The zero-order valence-corrected chi connectivity index (χ0v) is 18.7. The van der Waals surface area contributed by atoms with Crippen LogP contribution in [0, 0.1) is 11.8 Å². The van der Waals surface area contributed by atoms with Gasteiger partial charge < -0.3 is 14.9 Å². The molecule has 0 aliphatic heterocycles. The molecule has 29 heavy (non-hydrogen) atoms. The molecule has 4 nitrogen and oxygen atoms in total. The molecular weight excluding hydrogens is 364 g/mol. The summed E-state index contributed by atoms with van der Waals surface area (Å²) in [5.74, 6) is -3.73. The van der Waals surface area contributed by atoms with Crippen LogP contribution in [0.5, 0.6) is 0 Å². The highest BCUT2D eigenvalue weighted by molar-refractivity contribution is 5.77. The van der Waals surface area contributed by atoms with Crippen LogP contribution in [0.4, 0.5) is 0 Å². The van der Waals surface area contributed by atoms with Crippen molar-refractivity contribution in [2.24, 2.45) is 11.8 Å². The Morgan fingerprint density at radius 1 is 1.28 bits per heavy atom. The molecule has 1 rings (SSSR count). The maximum Gasteiger partial charge on any atom is 0.366 e. The van der Waals surface area contributed by atoms with Crippen LogP contribution in [0.15, 0.2) is 41.2 Å². The van der Waals surface area contributed by atoms with Gasteiger partial charge >= 0.3 is 5.97 Å². The molecule has 0 aromatic carbocycles. The Bertz CT molecular complexity index is 621. The van der Waals surface area contributed by atoms with Crippen molar-refractivity contribution in [3.05, 3.63) is 41.2 Å². The molecule has 0 fully saturated rings. The molecular formula is C25H40O4. The smallest absolute Gasteiger partial charge is 0.366 e. The van der Waals surface area contributed by atoms with E-state index in [-0.39, 0.29) is 0 Å². The molecule has 0 saturated heterocycles. The van der Waals surface area contributed by atoms with E-state index in [0.29, 0.717) is 12.3 Å². The second-order valence-electron chi connectivity index (χ2n) is 8.10.